The van der Waals surface area contributed by atoms with E-state index in [1.54, 1.807) is 11.8 Å². The number of sulfonamides is 1. The molecule has 10 heteroatoms. The number of aryl methyl sites for hydroxylation is 1. The Hall–Kier alpha value is -2.01. The lowest BCUT2D eigenvalue weighted by molar-refractivity contribution is -0.121. The zero-order chi connectivity index (χ0) is 22.9. The summed E-state index contributed by atoms with van der Waals surface area (Å²) in [6, 6.07) is 9.99. The van der Waals surface area contributed by atoms with Crippen molar-refractivity contribution in [3.8, 4) is 0 Å². The molecule has 0 bridgehead atoms. The van der Waals surface area contributed by atoms with Gasteiger partial charge >= 0.3 is 0 Å². The predicted molar refractivity (Wildman–Crippen MR) is 126 cm³/mol. The van der Waals surface area contributed by atoms with Crippen LogP contribution in [0.1, 0.15) is 26.2 Å². The van der Waals surface area contributed by atoms with Gasteiger partial charge < -0.3 is 4.57 Å². The third-order valence-corrected chi connectivity index (χ3v) is 9.14. The summed E-state index contributed by atoms with van der Waals surface area (Å²) < 4.78 is 43.7. The van der Waals surface area contributed by atoms with E-state index in [1.165, 1.54) is 27.8 Å². The van der Waals surface area contributed by atoms with Crippen LogP contribution in [0.15, 0.2) is 57.2 Å². The number of carbonyl (C=O) groups excluding carboxylic acids is 1. The van der Waals surface area contributed by atoms with Crippen LogP contribution in [-0.4, -0.2) is 42.0 Å². The van der Waals surface area contributed by atoms with E-state index in [1.807, 2.05) is 23.0 Å². The molecular formula is C22H24FN3O3S3. The molecule has 0 aliphatic carbocycles. The molecule has 1 aliphatic heterocycles. The minimum atomic E-state index is -3.92. The van der Waals surface area contributed by atoms with Crippen LogP contribution in [0.2, 0.25) is 0 Å². The number of halogens is 1. The average molecular weight is 494 g/mol. The zero-order valence-electron chi connectivity index (χ0n) is 17.8. The number of hydrogen-bond acceptors (Lipinski definition) is 5. The number of hydrogen-bond donors (Lipinski definition) is 0. The van der Waals surface area contributed by atoms with Crippen LogP contribution in [0.5, 0.6) is 0 Å². The van der Waals surface area contributed by atoms with Crippen molar-refractivity contribution < 1.29 is 17.6 Å². The van der Waals surface area contributed by atoms with Gasteiger partial charge in [-0.2, -0.15) is 9.30 Å². The summed E-state index contributed by atoms with van der Waals surface area (Å²) in [6.45, 7) is 3.02. The van der Waals surface area contributed by atoms with E-state index in [9.17, 15) is 17.6 Å². The molecule has 0 N–H and O–H groups in total. The Kier molecular flexibility index (Phi) is 6.85. The number of benzene rings is 2. The molecule has 4 rings (SSSR count). The molecule has 170 valence electrons. The molecule has 1 atom stereocenters. The Morgan fingerprint density at radius 3 is 2.69 bits per heavy atom. The summed E-state index contributed by atoms with van der Waals surface area (Å²) >= 11 is 3.09. The van der Waals surface area contributed by atoms with Crippen molar-refractivity contribution in [1.82, 2.24) is 8.87 Å². The zero-order valence-corrected chi connectivity index (χ0v) is 20.3. The number of rotatable bonds is 6. The summed E-state index contributed by atoms with van der Waals surface area (Å²) in [5.74, 6) is -0.974. The molecule has 3 aromatic rings. The fraction of sp³-hybridized carbons (Fsp3) is 0.364. The Morgan fingerprint density at radius 2 is 2.00 bits per heavy atom. The van der Waals surface area contributed by atoms with Crippen molar-refractivity contribution in [2.45, 2.75) is 48.6 Å². The lowest BCUT2D eigenvalue weighted by atomic mass is 10.2. The first-order chi connectivity index (χ1) is 15.3. The first-order valence-electron chi connectivity index (χ1n) is 10.4. The number of amides is 1. The third kappa shape index (κ3) is 4.41. The highest BCUT2D eigenvalue weighted by molar-refractivity contribution is 7.98. The number of thiazole rings is 1. The first kappa shape index (κ1) is 23.2. The fourth-order valence-corrected chi connectivity index (χ4v) is 7.16. The molecule has 1 amide bonds. The molecule has 2 aromatic carbocycles. The summed E-state index contributed by atoms with van der Waals surface area (Å²) in [4.78, 5) is 19.3. The topological polar surface area (TPSA) is 71.7 Å². The van der Waals surface area contributed by atoms with Crippen molar-refractivity contribution in [3.05, 3.63) is 53.1 Å². The molecule has 32 heavy (non-hydrogen) atoms. The van der Waals surface area contributed by atoms with E-state index in [0.717, 1.165) is 33.7 Å². The molecular weight excluding hydrogens is 469 g/mol. The number of thioether (sulfide) groups is 1. The van der Waals surface area contributed by atoms with Gasteiger partial charge in [-0.05, 0) is 68.0 Å². The van der Waals surface area contributed by atoms with Gasteiger partial charge in [0.05, 0.1) is 15.1 Å². The first-order valence-corrected chi connectivity index (χ1v) is 13.9. The SMILES string of the molecule is CCCn1c(=NC(=O)C2CCCN2S(=O)(=O)c2ccc(F)cc2)sc2cc(SC)ccc21. The quantitative estimate of drug-likeness (QED) is 0.481. The standard InChI is InChI=1S/C22H24FN3O3S3/c1-3-12-25-18-11-8-16(30-2)14-20(18)31-22(25)24-21(27)19-5-4-13-26(19)32(28,29)17-9-6-15(23)7-10-17/h6-11,14,19H,3-5,12-13H2,1-2H3. The van der Waals surface area contributed by atoms with Gasteiger partial charge in [0.25, 0.3) is 5.91 Å². The van der Waals surface area contributed by atoms with E-state index < -0.39 is 27.8 Å². The van der Waals surface area contributed by atoms with Gasteiger partial charge in [-0.1, -0.05) is 18.3 Å². The molecule has 1 saturated heterocycles. The summed E-state index contributed by atoms with van der Waals surface area (Å²) in [5, 5.41) is 0. The van der Waals surface area contributed by atoms with Crippen LogP contribution in [-0.2, 0) is 21.4 Å². The molecule has 1 fully saturated rings. The minimum Gasteiger partial charge on any atom is -0.316 e. The number of fused-ring (bicyclic) bond motifs is 1. The predicted octanol–water partition coefficient (Wildman–Crippen LogP) is 4.25. The van der Waals surface area contributed by atoms with E-state index in [-0.39, 0.29) is 11.4 Å². The molecule has 0 saturated carbocycles. The van der Waals surface area contributed by atoms with Crippen molar-refractivity contribution >= 4 is 49.2 Å². The van der Waals surface area contributed by atoms with Gasteiger partial charge in [0.2, 0.25) is 10.0 Å². The van der Waals surface area contributed by atoms with Crippen LogP contribution in [0, 0.1) is 5.82 Å². The lowest BCUT2D eigenvalue weighted by Crippen LogP contribution is -2.40. The van der Waals surface area contributed by atoms with Gasteiger partial charge in [0.1, 0.15) is 11.9 Å². The number of carbonyl (C=O) groups is 1. The number of aromatic nitrogens is 1. The highest BCUT2D eigenvalue weighted by atomic mass is 32.2. The van der Waals surface area contributed by atoms with Crippen LogP contribution in [0.25, 0.3) is 10.2 Å². The van der Waals surface area contributed by atoms with E-state index in [2.05, 4.69) is 18.0 Å². The minimum absolute atomic E-state index is 0.0221. The van der Waals surface area contributed by atoms with Gasteiger partial charge in [0.15, 0.2) is 4.80 Å². The Labute approximate surface area is 194 Å². The lowest BCUT2D eigenvalue weighted by Gasteiger charge is -2.21. The summed E-state index contributed by atoms with van der Waals surface area (Å²) in [6.07, 6.45) is 3.88. The van der Waals surface area contributed by atoms with Crippen molar-refractivity contribution in [2.24, 2.45) is 4.99 Å². The molecule has 0 radical (unpaired) electrons. The van der Waals surface area contributed by atoms with Gasteiger partial charge in [-0.15, -0.1) is 11.8 Å². The Morgan fingerprint density at radius 1 is 1.25 bits per heavy atom. The highest BCUT2D eigenvalue weighted by Crippen LogP contribution is 2.28. The maximum atomic E-state index is 13.3. The Balaban J connectivity index is 1.71. The number of nitrogens with zero attached hydrogens (tertiary/aromatic N) is 3. The van der Waals surface area contributed by atoms with Crippen LogP contribution < -0.4 is 4.80 Å². The fourth-order valence-electron chi connectivity index (χ4n) is 3.89. The molecule has 1 unspecified atom stereocenters. The second kappa shape index (κ2) is 9.46. The Bertz CT molecular complexity index is 1310. The highest BCUT2D eigenvalue weighted by Gasteiger charge is 2.39. The summed E-state index contributed by atoms with van der Waals surface area (Å²) in [7, 11) is -3.92. The molecule has 6 nitrogen and oxygen atoms in total. The van der Waals surface area contributed by atoms with Crippen LogP contribution in [0.3, 0.4) is 0 Å². The maximum absolute atomic E-state index is 13.3. The van der Waals surface area contributed by atoms with Gasteiger partial charge in [-0.3, -0.25) is 4.79 Å². The molecule has 2 heterocycles. The molecule has 1 aromatic heterocycles. The van der Waals surface area contributed by atoms with Crippen molar-refractivity contribution in [2.75, 3.05) is 12.8 Å². The summed E-state index contributed by atoms with van der Waals surface area (Å²) in [5.41, 5.74) is 1.02. The second-order valence-corrected chi connectivity index (χ2v) is 11.3. The van der Waals surface area contributed by atoms with Crippen molar-refractivity contribution in [1.29, 1.82) is 0 Å². The largest absolute Gasteiger partial charge is 0.316 e. The normalized spacial score (nSPS) is 18.0. The monoisotopic (exact) mass is 493 g/mol. The van der Waals surface area contributed by atoms with Gasteiger partial charge in [-0.25, -0.2) is 12.8 Å². The van der Waals surface area contributed by atoms with E-state index in [4.69, 9.17) is 0 Å². The second-order valence-electron chi connectivity index (χ2n) is 7.55. The average Bonchev–Trinajstić information content (AvgIpc) is 3.40. The van der Waals surface area contributed by atoms with Crippen LogP contribution in [0.4, 0.5) is 4.39 Å². The molecule has 1 aliphatic rings. The van der Waals surface area contributed by atoms with E-state index in [0.29, 0.717) is 24.2 Å². The van der Waals surface area contributed by atoms with E-state index >= 15 is 0 Å². The van der Waals surface area contributed by atoms with Crippen LogP contribution >= 0.6 is 23.1 Å². The third-order valence-electron chi connectivity index (χ3n) is 5.45. The van der Waals surface area contributed by atoms with Gasteiger partial charge in [0, 0.05) is 18.0 Å². The van der Waals surface area contributed by atoms with Crippen molar-refractivity contribution in [3.63, 3.8) is 0 Å². The maximum Gasteiger partial charge on any atom is 0.266 e. The smallest absolute Gasteiger partial charge is 0.266 e. The molecule has 0 spiro atoms.